The first-order chi connectivity index (χ1) is 11.7. The molecule has 4 rings (SSSR count). The average Bonchev–Trinajstić information content (AvgIpc) is 3.10. The van der Waals surface area contributed by atoms with Gasteiger partial charge >= 0.3 is 0 Å². The molecule has 4 unspecified atom stereocenters. The molecule has 1 amide bonds. The lowest BCUT2D eigenvalue weighted by atomic mass is 9.96. The molecular weight excluding hydrogens is 302 g/mol. The third kappa shape index (κ3) is 3.34. The van der Waals surface area contributed by atoms with Crippen LogP contribution in [0.25, 0.3) is 0 Å². The second kappa shape index (κ2) is 6.82. The summed E-state index contributed by atoms with van der Waals surface area (Å²) in [7, 11) is 0. The van der Waals surface area contributed by atoms with Gasteiger partial charge in [-0.25, -0.2) is 0 Å². The molecule has 4 atom stereocenters. The standard InChI is InChI=1S/C19H27N3O2/c23-17-10-18(20-11-17)19(24)21-14-8-15-6-7-16(9-14)22(15)12-13-4-2-1-3-5-13/h1-5,14-18,20,23H,6-12H2,(H,21,24). The molecule has 2 bridgehead atoms. The predicted octanol–water partition coefficient (Wildman–Crippen LogP) is 1.02. The Hall–Kier alpha value is -1.43. The number of carbonyl (C=O) groups is 1. The third-order valence-corrected chi connectivity index (χ3v) is 5.86. The van der Waals surface area contributed by atoms with E-state index in [9.17, 15) is 9.90 Å². The molecule has 3 aliphatic rings. The number of benzene rings is 1. The smallest absolute Gasteiger partial charge is 0.237 e. The Morgan fingerprint density at radius 1 is 1.17 bits per heavy atom. The zero-order chi connectivity index (χ0) is 16.5. The van der Waals surface area contributed by atoms with E-state index < -0.39 is 0 Å². The summed E-state index contributed by atoms with van der Waals surface area (Å²) in [4.78, 5) is 15.0. The Morgan fingerprint density at radius 2 is 1.88 bits per heavy atom. The van der Waals surface area contributed by atoms with Gasteiger partial charge in [0.15, 0.2) is 0 Å². The fraction of sp³-hybridized carbons (Fsp3) is 0.632. The first-order valence-electron chi connectivity index (χ1n) is 9.20. The van der Waals surface area contributed by atoms with Crippen molar-refractivity contribution in [3.63, 3.8) is 0 Å². The van der Waals surface area contributed by atoms with Crippen molar-refractivity contribution in [2.24, 2.45) is 0 Å². The normalized spacial score (nSPS) is 36.0. The van der Waals surface area contributed by atoms with Gasteiger partial charge in [-0.15, -0.1) is 0 Å². The number of hydrogen-bond acceptors (Lipinski definition) is 4. The maximum atomic E-state index is 12.4. The second-order valence-corrected chi connectivity index (χ2v) is 7.57. The van der Waals surface area contributed by atoms with Crippen molar-refractivity contribution >= 4 is 5.91 Å². The van der Waals surface area contributed by atoms with Crippen LogP contribution in [0.4, 0.5) is 0 Å². The van der Waals surface area contributed by atoms with Crippen LogP contribution in [-0.4, -0.2) is 52.7 Å². The van der Waals surface area contributed by atoms with E-state index in [2.05, 4.69) is 45.9 Å². The van der Waals surface area contributed by atoms with Crippen molar-refractivity contribution in [1.29, 1.82) is 0 Å². The van der Waals surface area contributed by atoms with Crippen molar-refractivity contribution in [2.75, 3.05) is 6.54 Å². The van der Waals surface area contributed by atoms with E-state index in [4.69, 9.17) is 0 Å². The SMILES string of the molecule is O=C(NC1CC2CCC(C1)N2Cc1ccccc1)C1CC(O)CN1. The minimum atomic E-state index is -0.385. The highest BCUT2D eigenvalue weighted by Crippen LogP contribution is 2.36. The van der Waals surface area contributed by atoms with Crippen LogP contribution < -0.4 is 10.6 Å². The van der Waals surface area contributed by atoms with E-state index in [1.54, 1.807) is 0 Å². The van der Waals surface area contributed by atoms with E-state index in [1.807, 2.05) is 0 Å². The number of β-amino-alcohol motifs (C(OH)–C–C–N with tert-alkyl or cyclic N) is 1. The van der Waals surface area contributed by atoms with Gasteiger partial charge < -0.3 is 15.7 Å². The fourth-order valence-corrected chi connectivity index (χ4v) is 4.66. The molecule has 0 spiro atoms. The highest BCUT2D eigenvalue weighted by Gasteiger charge is 2.41. The van der Waals surface area contributed by atoms with Crippen molar-refractivity contribution < 1.29 is 9.90 Å². The fourth-order valence-electron chi connectivity index (χ4n) is 4.66. The van der Waals surface area contributed by atoms with Crippen LogP contribution in [0.5, 0.6) is 0 Å². The molecule has 3 saturated heterocycles. The summed E-state index contributed by atoms with van der Waals surface area (Å²) in [6, 6.07) is 11.9. The molecule has 24 heavy (non-hydrogen) atoms. The minimum absolute atomic E-state index is 0.0625. The van der Waals surface area contributed by atoms with E-state index in [-0.39, 0.29) is 24.1 Å². The number of nitrogens with one attached hydrogen (secondary N) is 2. The highest BCUT2D eigenvalue weighted by molar-refractivity contribution is 5.82. The lowest BCUT2D eigenvalue weighted by Gasteiger charge is -2.39. The minimum Gasteiger partial charge on any atom is -0.392 e. The topological polar surface area (TPSA) is 64.6 Å². The van der Waals surface area contributed by atoms with Gasteiger partial charge in [0.2, 0.25) is 5.91 Å². The number of aliphatic hydroxyl groups is 1. The summed E-state index contributed by atoms with van der Waals surface area (Å²) in [5, 5.41) is 15.9. The van der Waals surface area contributed by atoms with Crippen LogP contribution in [-0.2, 0) is 11.3 Å². The average molecular weight is 329 g/mol. The van der Waals surface area contributed by atoms with Crippen LogP contribution in [0.15, 0.2) is 30.3 Å². The summed E-state index contributed by atoms with van der Waals surface area (Å²) in [6.45, 7) is 1.55. The van der Waals surface area contributed by atoms with E-state index >= 15 is 0 Å². The van der Waals surface area contributed by atoms with Crippen LogP contribution in [0, 0.1) is 0 Å². The molecule has 0 aromatic heterocycles. The molecule has 1 aromatic rings. The van der Waals surface area contributed by atoms with Crippen molar-refractivity contribution in [3.05, 3.63) is 35.9 Å². The van der Waals surface area contributed by atoms with Gasteiger partial charge in [0, 0.05) is 31.2 Å². The molecule has 3 N–H and O–H groups in total. The number of rotatable bonds is 4. The number of carbonyl (C=O) groups excluding carboxylic acids is 1. The lowest BCUT2D eigenvalue weighted by molar-refractivity contribution is -0.124. The number of hydrogen-bond donors (Lipinski definition) is 3. The van der Waals surface area contributed by atoms with Crippen molar-refractivity contribution in [1.82, 2.24) is 15.5 Å². The number of fused-ring (bicyclic) bond motifs is 2. The number of piperidine rings is 1. The Morgan fingerprint density at radius 3 is 2.50 bits per heavy atom. The lowest BCUT2D eigenvalue weighted by Crippen LogP contribution is -2.52. The molecule has 5 heteroatoms. The number of aliphatic hydroxyl groups excluding tert-OH is 1. The molecule has 5 nitrogen and oxygen atoms in total. The molecule has 0 radical (unpaired) electrons. The second-order valence-electron chi connectivity index (χ2n) is 7.57. The van der Waals surface area contributed by atoms with Crippen LogP contribution in [0.3, 0.4) is 0 Å². The van der Waals surface area contributed by atoms with Gasteiger partial charge in [-0.1, -0.05) is 30.3 Å². The molecule has 3 heterocycles. The summed E-state index contributed by atoms with van der Waals surface area (Å²) in [5.74, 6) is 0.0625. The summed E-state index contributed by atoms with van der Waals surface area (Å²) >= 11 is 0. The monoisotopic (exact) mass is 329 g/mol. The quantitative estimate of drug-likeness (QED) is 0.772. The predicted molar refractivity (Wildman–Crippen MR) is 92.4 cm³/mol. The van der Waals surface area contributed by atoms with Crippen molar-refractivity contribution in [2.45, 2.75) is 68.9 Å². The molecule has 0 aliphatic carbocycles. The maximum Gasteiger partial charge on any atom is 0.237 e. The molecule has 3 aliphatic heterocycles. The van der Waals surface area contributed by atoms with E-state index in [1.165, 1.54) is 18.4 Å². The van der Waals surface area contributed by atoms with Gasteiger partial charge in [0.1, 0.15) is 0 Å². The van der Waals surface area contributed by atoms with Gasteiger partial charge in [-0.2, -0.15) is 0 Å². The molecule has 3 fully saturated rings. The molecule has 1 aromatic carbocycles. The van der Waals surface area contributed by atoms with Crippen molar-refractivity contribution in [3.8, 4) is 0 Å². The Bertz CT molecular complexity index is 565. The van der Waals surface area contributed by atoms with E-state index in [0.29, 0.717) is 25.0 Å². The Kier molecular flexibility index (Phi) is 4.57. The third-order valence-electron chi connectivity index (χ3n) is 5.86. The summed E-state index contributed by atoms with van der Waals surface area (Å²) in [5.41, 5.74) is 1.38. The summed E-state index contributed by atoms with van der Waals surface area (Å²) in [6.07, 6.45) is 4.72. The molecular formula is C19H27N3O2. The largest absolute Gasteiger partial charge is 0.392 e. The zero-order valence-electron chi connectivity index (χ0n) is 14.0. The van der Waals surface area contributed by atoms with Crippen LogP contribution in [0.1, 0.15) is 37.7 Å². The zero-order valence-corrected chi connectivity index (χ0v) is 14.0. The van der Waals surface area contributed by atoms with Gasteiger partial charge in [0.05, 0.1) is 12.1 Å². The maximum absolute atomic E-state index is 12.4. The van der Waals surface area contributed by atoms with Gasteiger partial charge in [0.25, 0.3) is 0 Å². The summed E-state index contributed by atoms with van der Waals surface area (Å²) < 4.78 is 0. The van der Waals surface area contributed by atoms with E-state index in [0.717, 1.165) is 19.4 Å². The number of amides is 1. The first kappa shape index (κ1) is 16.1. The van der Waals surface area contributed by atoms with Crippen LogP contribution in [0.2, 0.25) is 0 Å². The molecule has 130 valence electrons. The van der Waals surface area contributed by atoms with Gasteiger partial charge in [-0.3, -0.25) is 9.69 Å². The van der Waals surface area contributed by atoms with Crippen LogP contribution >= 0.6 is 0 Å². The highest BCUT2D eigenvalue weighted by atomic mass is 16.3. The first-order valence-corrected chi connectivity index (χ1v) is 9.20. The number of nitrogens with zero attached hydrogens (tertiary/aromatic N) is 1. The Balaban J connectivity index is 1.33. The molecule has 0 saturated carbocycles. The Labute approximate surface area is 143 Å². The van der Waals surface area contributed by atoms with Gasteiger partial charge in [-0.05, 0) is 37.7 Å².